The Morgan fingerprint density at radius 1 is 1.24 bits per heavy atom. The van der Waals surface area contributed by atoms with Gasteiger partial charge in [-0.1, -0.05) is 38.1 Å². The summed E-state index contributed by atoms with van der Waals surface area (Å²) in [5.74, 6) is 0.668. The largest absolute Gasteiger partial charge is 0.274 e. The molecule has 0 fully saturated rings. The molecule has 21 heavy (non-hydrogen) atoms. The lowest BCUT2D eigenvalue weighted by molar-refractivity contribution is -0.118. The van der Waals surface area contributed by atoms with Crippen molar-refractivity contribution in [2.24, 2.45) is 5.92 Å². The summed E-state index contributed by atoms with van der Waals surface area (Å²) in [6, 6.07) is 8.23. The number of hydrogen-bond donors (Lipinski definition) is 2. The molecule has 0 saturated heterocycles. The van der Waals surface area contributed by atoms with Crippen LogP contribution in [-0.2, 0) is 11.2 Å². The highest BCUT2D eigenvalue weighted by atomic mass is 16.2. The molecule has 6 heteroatoms. The maximum Gasteiger partial charge on any atom is 0.262 e. The summed E-state index contributed by atoms with van der Waals surface area (Å²) in [5.41, 5.74) is 7.99. The Hall–Kier alpha value is -2.50. The first-order chi connectivity index (χ1) is 10.0. The Bertz CT molecular complexity index is 610. The number of anilines is 1. The lowest BCUT2D eigenvalue weighted by atomic mass is 10.0. The SMILES string of the molecule is CC(=O)NNc1nncc(-c2ccc(CC(C)C)cc2)n1. The fraction of sp³-hybridized carbons (Fsp3) is 0.333. The molecule has 0 bridgehead atoms. The second kappa shape index (κ2) is 6.78. The van der Waals surface area contributed by atoms with Crippen LogP contribution in [0, 0.1) is 5.92 Å². The smallest absolute Gasteiger partial charge is 0.262 e. The first-order valence-electron chi connectivity index (χ1n) is 6.86. The molecule has 0 aliphatic rings. The summed E-state index contributed by atoms with van der Waals surface area (Å²) in [4.78, 5) is 15.2. The van der Waals surface area contributed by atoms with E-state index in [1.165, 1.54) is 12.5 Å². The van der Waals surface area contributed by atoms with E-state index in [9.17, 15) is 4.79 Å². The molecule has 2 N–H and O–H groups in total. The van der Waals surface area contributed by atoms with Crippen molar-refractivity contribution in [3.63, 3.8) is 0 Å². The van der Waals surface area contributed by atoms with Gasteiger partial charge in [-0.3, -0.25) is 15.6 Å². The predicted molar refractivity (Wildman–Crippen MR) is 81.2 cm³/mol. The molecule has 0 saturated carbocycles. The van der Waals surface area contributed by atoms with Gasteiger partial charge < -0.3 is 0 Å². The number of carbonyl (C=O) groups excluding carboxylic acids is 1. The van der Waals surface area contributed by atoms with E-state index >= 15 is 0 Å². The average Bonchev–Trinajstić information content (AvgIpc) is 2.45. The Labute approximate surface area is 124 Å². The summed E-state index contributed by atoms with van der Waals surface area (Å²) in [5, 5.41) is 7.69. The van der Waals surface area contributed by atoms with Crippen molar-refractivity contribution in [2.45, 2.75) is 27.2 Å². The van der Waals surface area contributed by atoms with Crippen LogP contribution in [0.1, 0.15) is 26.3 Å². The number of rotatable bonds is 5. The van der Waals surface area contributed by atoms with Gasteiger partial charge >= 0.3 is 0 Å². The molecule has 1 amide bonds. The average molecular weight is 285 g/mol. The third-order valence-electron chi connectivity index (χ3n) is 2.80. The standard InChI is InChI=1S/C15H19N5O/c1-10(2)8-12-4-6-13(7-5-12)14-9-16-19-15(17-14)20-18-11(3)21/h4-7,9-10H,8H2,1-3H3,(H,18,21)(H,17,19,20). The van der Waals surface area contributed by atoms with Gasteiger partial charge in [-0.05, 0) is 17.9 Å². The van der Waals surface area contributed by atoms with Crippen molar-refractivity contribution < 1.29 is 4.79 Å². The minimum atomic E-state index is -0.220. The van der Waals surface area contributed by atoms with Gasteiger partial charge in [0.25, 0.3) is 5.95 Å². The van der Waals surface area contributed by atoms with E-state index in [1.807, 2.05) is 12.1 Å². The van der Waals surface area contributed by atoms with E-state index in [1.54, 1.807) is 6.20 Å². The van der Waals surface area contributed by atoms with Gasteiger partial charge in [-0.25, -0.2) is 4.98 Å². The lowest BCUT2D eigenvalue weighted by Gasteiger charge is -2.07. The molecule has 1 aromatic carbocycles. The van der Waals surface area contributed by atoms with Crippen molar-refractivity contribution in [3.8, 4) is 11.3 Å². The summed E-state index contributed by atoms with van der Waals surface area (Å²) >= 11 is 0. The van der Waals surface area contributed by atoms with Gasteiger partial charge in [0.2, 0.25) is 5.91 Å². The van der Waals surface area contributed by atoms with Gasteiger partial charge in [0.1, 0.15) is 0 Å². The highest BCUT2D eigenvalue weighted by Gasteiger charge is 2.04. The zero-order valence-electron chi connectivity index (χ0n) is 12.4. The molecule has 1 aromatic heterocycles. The van der Waals surface area contributed by atoms with Crippen molar-refractivity contribution >= 4 is 11.9 Å². The van der Waals surface area contributed by atoms with Crippen molar-refractivity contribution in [1.82, 2.24) is 20.6 Å². The lowest BCUT2D eigenvalue weighted by Crippen LogP contribution is -2.27. The molecule has 1 heterocycles. The van der Waals surface area contributed by atoms with Crippen molar-refractivity contribution in [3.05, 3.63) is 36.0 Å². The Balaban J connectivity index is 2.14. The van der Waals surface area contributed by atoms with Gasteiger partial charge in [0.05, 0.1) is 11.9 Å². The third kappa shape index (κ3) is 4.52. The summed E-state index contributed by atoms with van der Waals surface area (Å²) in [6.45, 7) is 5.79. The minimum absolute atomic E-state index is 0.220. The number of carbonyl (C=O) groups is 1. The molecule has 0 radical (unpaired) electrons. The molecule has 0 spiro atoms. The monoisotopic (exact) mass is 285 g/mol. The third-order valence-corrected chi connectivity index (χ3v) is 2.80. The summed E-state index contributed by atoms with van der Waals surface area (Å²) < 4.78 is 0. The number of nitrogens with one attached hydrogen (secondary N) is 2. The zero-order valence-corrected chi connectivity index (χ0v) is 12.4. The highest BCUT2D eigenvalue weighted by molar-refractivity contribution is 5.74. The summed E-state index contributed by atoms with van der Waals surface area (Å²) in [7, 11) is 0. The molecule has 0 unspecified atom stereocenters. The number of benzene rings is 1. The predicted octanol–water partition coefficient (Wildman–Crippen LogP) is 2.20. The van der Waals surface area contributed by atoms with E-state index in [0.717, 1.165) is 12.0 Å². The molecule has 110 valence electrons. The molecule has 0 atom stereocenters. The molecule has 2 rings (SSSR count). The summed E-state index contributed by atoms with van der Waals surface area (Å²) in [6.07, 6.45) is 2.65. The van der Waals surface area contributed by atoms with Gasteiger partial charge in [-0.15, -0.1) is 5.10 Å². The van der Waals surface area contributed by atoms with E-state index in [4.69, 9.17) is 0 Å². The minimum Gasteiger partial charge on any atom is -0.274 e. The van der Waals surface area contributed by atoms with Crippen LogP contribution in [0.15, 0.2) is 30.5 Å². The zero-order chi connectivity index (χ0) is 15.2. The molecule has 2 aromatic rings. The van der Waals surface area contributed by atoms with Crippen molar-refractivity contribution in [2.75, 3.05) is 5.43 Å². The van der Waals surface area contributed by atoms with Crippen LogP contribution in [0.3, 0.4) is 0 Å². The Kier molecular flexibility index (Phi) is 4.81. The fourth-order valence-corrected chi connectivity index (χ4v) is 1.92. The van der Waals surface area contributed by atoms with Crippen LogP contribution < -0.4 is 10.9 Å². The van der Waals surface area contributed by atoms with Gasteiger partial charge in [0.15, 0.2) is 0 Å². The number of amides is 1. The maximum absolute atomic E-state index is 10.8. The fourth-order valence-electron chi connectivity index (χ4n) is 1.92. The van der Waals surface area contributed by atoms with Crippen molar-refractivity contribution in [1.29, 1.82) is 0 Å². The molecular formula is C15H19N5O. The topological polar surface area (TPSA) is 79.8 Å². The quantitative estimate of drug-likeness (QED) is 0.823. The normalized spacial score (nSPS) is 10.5. The van der Waals surface area contributed by atoms with Crippen LogP contribution >= 0.6 is 0 Å². The first kappa shape index (κ1) is 14.9. The van der Waals surface area contributed by atoms with E-state index in [0.29, 0.717) is 11.6 Å². The van der Waals surface area contributed by atoms with Crippen LogP contribution in [-0.4, -0.2) is 21.1 Å². The molecular weight excluding hydrogens is 266 g/mol. The number of aromatic nitrogens is 3. The van der Waals surface area contributed by atoms with Gasteiger partial charge in [-0.2, -0.15) is 5.10 Å². The molecule has 0 aliphatic carbocycles. The first-order valence-corrected chi connectivity index (χ1v) is 6.86. The highest BCUT2D eigenvalue weighted by Crippen LogP contribution is 2.18. The maximum atomic E-state index is 10.8. The van der Waals surface area contributed by atoms with Crippen LogP contribution in [0.2, 0.25) is 0 Å². The second-order valence-corrected chi connectivity index (χ2v) is 5.27. The second-order valence-electron chi connectivity index (χ2n) is 5.27. The number of nitrogens with zero attached hydrogens (tertiary/aromatic N) is 3. The van der Waals surface area contributed by atoms with Crippen LogP contribution in [0.25, 0.3) is 11.3 Å². The van der Waals surface area contributed by atoms with Crippen LogP contribution in [0.4, 0.5) is 5.95 Å². The number of hydrogen-bond acceptors (Lipinski definition) is 5. The van der Waals surface area contributed by atoms with Gasteiger partial charge in [0, 0.05) is 12.5 Å². The molecule has 6 nitrogen and oxygen atoms in total. The Morgan fingerprint density at radius 3 is 2.57 bits per heavy atom. The van der Waals surface area contributed by atoms with Crippen LogP contribution in [0.5, 0.6) is 0 Å². The molecule has 0 aliphatic heterocycles. The number of hydrazine groups is 1. The van der Waals surface area contributed by atoms with E-state index in [-0.39, 0.29) is 11.9 Å². The Morgan fingerprint density at radius 2 is 1.95 bits per heavy atom. The van der Waals surface area contributed by atoms with E-state index < -0.39 is 0 Å². The van der Waals surface area contributed by atoms with E-state index in [2.05, 4.69) is 52.0 Å².